The summed E-state index contributed by atoms with van der Waals surface area (Å²) in [5.74, 6) is 0.765. The molecule has 2 rings (SSSR count). The van der Waals surface area contributed by atoms with Crippen LogP contribution in [-0.2, 0) is 9.84 Å². The lowest BCUT2D eigenvalue weighted by Gasteiger charge is -2.27. The van der Waals surface area contributed by atoms with E-state index < -0.39 is 14.6 Å². The summed E-state index contributed by atoms with van der Waals surface area (Å²) in [7, 11) is -3.15. The molecule has 158 valence electrons. The van der Waals surface area contributed by atoms with Gasteiger partial charge in [0, 0.05) is 13.1 Å². The Bertz CT molecular complexity index is 721. The van der Waals surface area contributed by atoms with E-state index in [1.165, 1.54) is 18.4 Å². The zero-order valence-electron chi connectivity index (χ0n) is 17.7. The third kappa shape index (κ3) is 6.48. The molecule has 2 N–H and O–H groups in total. The molecule has 6 nitrogen and oxygen atoms in total. The Hall–Kier alpha value is -1.60. The van der Waals surface area contributed by atoms with Gasteiger partial charge in [-0.25, -0.2) is 8.42 Å². The molecule has 0 spiro atoms. The normalized spacial score (nSPS) is 17.5. The number of nitrogens with one attached hydrogen (secondary N) is 2. The van der Waals surface area contributed by atoms with Gasteiger partial charge in [-0.05, 0) is 59.2 Å². The highest BCUT2D eigenvalue weighted by Crippen LogP contribution is 2.25. The predicted octanol–water partition coefficient (Wildman–Crippen LogP) is 2.59. The van der Waals surface area contributed by atoms with Gasteiger partial charge in [-0.2, -0.15) is 0 Å². The van der Waals surface area contributed by atoms with E-state index >= 15 is 0 Å². The van der Waals surface area contributed by atoms with Crippen molar-refractivity contribution in [3.63, 3.8) is 0 Å². The van der Waals surface area contributed by atoms with Gasteiger partial charge in [-0.3, -0.25) is 9.89 Å². The summed E-state index contributed by atoms with van der Waals surface area (Å²) in [5.41, 5.74) is 1.28. The molecule has 7 heteroatoms. The first kappa shape index (κ1) is 22.7. The van der Waals surface area contributed by atoms with Crippen molar-refractivity contribution in [2.75, 3.05) is 38.5 Å². The third-order valence-electron chi connectivity index (χ3n) is 5.13. The second-order valence-electron chi connectivity index (χ2n) is 8.25. The van der Waals surface area contributed by atoms with Crippen LogP contribution in [0.1, 0.15) is 52.1 Å². The fourth-order valence-electron chi connectivity index (χ4n) is 3.29. The number of likely N-dealkylation sites (tertiary alicyclic amines) is 1. The number of guanidine groups is 1. The highest BCUT2D eigenvalue weighted by molar-refractivity contribution is 7.92. The molecule has 0 aliphatic carbocycles. The van der Waals surface area contributed by atoms with Gasteiger partial charge in [0.15, 0.2) is 15.8 Å². The zero-order valence-corrected chi connectivity index (χ0v) is 18.6. The van der Waals surface area contributed by atoms with Crippen LogP contribution in [0.15, 0.2) is 35.3 Å². The molecular formula is C21H36N4O2S. The van der Waals surface area contributed by atoms with Crippen LogP contribution in [0, 0.1) is 0 Å². The maximum Gasteiger partial charge on any atom is 0.191 e. The summed E-state index contributed by atoms with van der Waals surface area (Å²) in [6.45, 7) is 11.2. The van der Waals surface area contributed by atoms with Crippen molar-refractivity contribution in [1.29, 1.82) is 0 Å². The Morgan fingerprint density at radius 1 is 1.14 bits per heavy atom. The first-order valence-corrected chi connectivity index (χ1v) is 11.9. The molecule has 0 aromatic heterocycles. The molecule has 0 saturated carbocycles. The van der Waals surface area contributed by atoms with Crippen LogP contribution in [0.3, 0.4) is 0 Å². The number of aliphatic imine (C=N–C) groups is 1. The monoisotopic (exact) mass is 408 g/mol. The maximum absolute atomic E-state index is 12.3. The highest BCUT2D eigenvalue weighted by Gasteiger charge is 2.28. The molecule has 1 heterocycles. The van der Waals surface area contributed by atoms with E-state index in [1.54, 1.807) is 20.8 Å². The van der Waals surface area contributed by atoms with E-state index in [9.17, 15) is 8.42 Å². The molecule has 1 aliphatic heterocycles. The number of nitrogens with zero attached hydrogens (tertiary/aromatic N) is 2. The minimum Gasteiger partial charge on any atom is -0.357 e. The van der Waals surface area contributed by atoms with Crippen molar-refractivity contribution < 1.29 is 8.42 Å². The van der Waals surface area contributed by atoms with Crippen molar-refractivity contribution >= 4 is 15.8 Å². The highest BCUT2D eigenvalue weighted by atomic mass is 32.2. The Morgan fingerprint density at radius 2 is 1.79 bits per heavy atom. The summed E-state index contributed by atoms with van der Waals surface area (Å²) < 4.78 is 23.9. The van der Waals surface area contributed by atoms with Crippen LogP contribution >= 0.6 is 0 Å². The van der Waals surface area contributed by atoms with E-state index in [1.807, 2.05) is 13.0 Å². The first-order chi connectivity index (χ1) is 13.2. The fourth-order valence-corrected chi connectivity index (χ4v) is 4.27. The maximum atomic E-state index is 12.3. The van der Waals surface area contributed by atoms with E-state index in [4.69, 9.17) is 4.99 Å². The summed E-state index contributed by atoms with van der Waals surface area (Å²) in [6, 6.07) is 10.8. The van der Waals surface area contributed by atoms with Crippen molar-refractivity contribution in [3.8, 4) is 0 Å². The van der Waals surface area contributed by atoms with E-state index in [-0.39, 0.29) is 11.8 Å². The Balaban J connectivity index is 2.04. The van der Waals surface area contributed by atoms with Crippen LogP contribution in [0.2, 0.25) is 0 Å². The number of rotatable bonds is 8. The second kappa shape index (κ2) is 10.3. The minimum absolute atomic E-state index is 0.0924. The molecule has 1 aromatic rings. The summed E-state index contributed by atoms with van der Waals surface area (Å²) in [4.78, 5) is 7.27. The van der Waals surface area contributed by atoms with Crippen LogP contribution < -0.4 is 10.6 Å². The molecule has 1 saturated heterocycles. The average molecular weight is 409 g/mol. The van der Waals surface area contributed by atoms with Crippen molar-refractivity contribution in [3.05, 3.63) is 35.9 Å². The van der Waals surface area contributed by atoms with Gasteiger partial charge in [0.25, 0.3) is 0 Å². The lowest BCUT2D eigenvalue weighted by Crippen LogP contribution is -2.42. The SMILES string of the molecule is CCNC(=NCC(c1ccccc1)N1CCCC1)NCCS(=O)(=O)C(C)(C)C. The van der Waals surface area contributed by atoms with Gasteiger partial charge >= 0.3 is 0 Å². The van der Waals surface area contributed by atoms with Crippen LogP contribution in [-0.4, -0.2) is 62.5 Å². The Kier molecular flexibility index (Phi) is 8.31. The van der Waals surface area contributed by atoms with Gasteiger partial charge < -0.3 is 10.6 Å². The van der Waals surface area contributed by atoms with Crippen LogP contribution in [0.4, 0.5) is 0 Å². The van der Waals surface area contributed by atoms with E-state index in [0.717, 1.165) is 19.6 Å². The second-order valence-corrected chi connectivity index (χ2v) is 11.1. The van der Waals surface area contributed by atoms with Gasteiger partial charge in [-0.1, -0.05) is 30.3 Å². The van der Waals surface area contributed by atoms with Crippen LogP contribution in [0.25, 0.3) is 0 Å². The van der Waals surface area contributed by atoms with Crippen molar-refractivity contribution in [2.24, 2.45) is 4.99 Å². The van der Waals surface area contributed by atoms with Gasteiger partial charge in [0.2, 0.25) is 0 Å². The fraction of sp³-hybridized carbons (Fsp3) is 0.667. The molecule has 1 atom stereocenters. The summed E-state index contributed by atoms with van der Waals surface area (Å²) >= 11 is 0. The van der Waals surface area contributed by atoms with Gasteiger partial charge in [0.05, 0.1) is 23.1 Å². The Labute approximate surface area is 170 Å². The summed E-state index contributed by atoms with van der Waals surface area (Å²) in [6.07, 6.45) is 2.46. The predicted molar refractivity (Wildman–Crippen MR) is 118 cm³/mol. The molecular weight excluding hydrogens is 372 g/mol. The Morgan fingerprint density at radius 3 is 2.36 bits per heavy atom. The number of sulfone groups is 1. The number of benzene rings is 1. The topological polar surface area (TPSA) is 73.8 Å². The van der Waals surface area contributed by atoms with Gasteiger partial charge in [0.1, 0.15) is 0 Å². The van der Waals surface area contributed by atoms with Crippen molar-refractivity contribution in [2.45, 2.75) is 51.3 Å². The molecule has 1 unspecified atom stereocenters. The van der Waals surface area contributed by atoms with E-state index in [0.29, 0.717) is 19.0 Å². The number of hydrogen-bond donors (Lipinski definition) is 2. The molecule has 1 fully saturated rings. The molecule has 0 radical (unpaired) electrons. The van der Waals surface area contributed by atoms with Crippen LogP contribution in [0.5, 0.6) is 0 Å². The lowest BCUT2D eigenvalue weighted by molar-refractivity contribution is 0.251. The quantitative estimate of drug-likeness (QED) is 0.511. The molecule has 1 aromatic carbocycles. The average Bonchev–Trinajstić information content (AvgIpc) is 3.16. The standard InChI is InChI=1S/C21H36N4O2S/c1-5-22-20(23-13-16-28(26,27)21(2,3)4)24-17-19(25-14-9-10-15-25)18-11-7-6-8-12-18/h6-8,11-12,19H,5,9-10,13-17H2,1-4H3,(H2,22,23,24). The smallest absolute Gasteiger partial charge is 0.191 e. The largest absolute Gasteiger partial charge is 0.357 e. The van der Waals surface area contributed by atoms with Gasteiger partial charge in [-0.15, -0.1) is 0 Å². The van der Waals surface area contributed by atoms with Crippen molar-refractivity contribution in [1.82, 2.24) is 15.5 Å². The molecule has 28 heavy (non-hydrogen) atoms. The zero-order chi connectivity index (χ0) is 20.6. The van der Waals surface area contributed by atoms with E-state index in [2.05, 4.69) is 39.8 Å². The molecule has 0 amide bonds. The first-order valence-electron chi connectivity index (χ1n) is 10.3. The third-order valence-corrected chi connectivity index (χ3v) is 7.74. The molecule has 1 aliphatic rings. The molecule has 0 bridgehead atoms. The number of hydrogen-bond acceptors (Lipinski definition) is 4. The lowest BCUT2D eigenvalue weighted by atomic mass is 10.1. The minimum atomic E-state index is -3.15. The summed E-state index contributed by atoms with van der Waals surface area (Å²) in [5, 5.41) is 6.42.